The fourth-order valence-electron chi connectivity index (χ4n) is 2.12. The Morgan fingerprint density at radius 1 is 1.60 bits per heavy atom. The lowest BCUT2D eigenvalue weighted by atomic mass is 10.3. The van der Waals surface area contributed by atoms with Crippen molar-refractivity contribution in [3.63, 3.8) is 0 Å². The summed E-state index contributed by atoms with van der Waals surface area (Å²) in [6.07, 6.45) is 2.99. The highest BCUT2D eigenvalue weighted by molar-refractivity contribution is 14.0. The average molecular weight is 409 g/mol. The molecule has 0 aliphatic carbocycles. The van der Waals surface area contributed by atoms with Gasteiger partial charge in [0.05, 0.1) is 12.2 Å². The quantitative estimate of drug-likeness (QED) is 0.455. The fraction of sp³-hybridized carbons (Fsp3) is 0.692. The van der Waals surface area contributed by atoms with Crippen LogP contribution in [0.1, 0.15) is 26.0 Å². The van der Waals surface area contributed by atoms with Crippen molar-refractivity contribution in [1.82, 2.24) is 20.4 Å². The Bertz CT molecular complexity index is 395. The molecule has 1 aliphatic heterocycles. The Balaban J connectivity index is 0.00000200. The first-order valence-corrected chi connectivity index (χ1v) is 8.01. The molecule has 1 fully saturated rings. The molecule has 0 radical (unpaired) electrons. The molecule has 5 nitrogen and oxygen atoms in total. The average Bonchev–Trinajstić information content (AvgIpc) is 2.97. The molecule has 0 bridgehead atoms. The van der Waals surface area contributed by atoms with Crippen LogP contribution in [0.4, 0.5) is 0 Å². The molecule has 1 aliphatic rings. The fourth-order valence-corrected chi connectivity index (χ4v) is 3.30. The number of rotatable bonds is 4. The molecule has 1 atom stereocenters. The number of aliphatic imine (C=N–C) groups is 1. The second-order valence-electron chi connectivity index (χ2n) is 4.60. The largest absolute Gasteiger partial charge is 0.357 e. The molecular formula is C13H24IN5S. The number of halogens is 1. The van der Waals surface area contributed by atoms with Gasteiger partial charge in [0, 0.05) is 36.8 Å². The molecule has 20 heavy (non-hydrogen) atoms. The maximum absolute atomic E-state index is 4.70. The monoisotopic (exact) mass is 409 g/mol. The molecule has 0 saturated carbocycles. The molecule has 7 heteroatoms. The third kappa shape index (κ3) is 5.16. The van der Waals surface area contributed by atoms with Crippen LogP contribution in [0.2, 0.25) is 0 Å². The van der Waals surface area contributed by atoms with E-state index >= 15 is 0 Å². The van der Waals surface area contributed by atoms with E-state index in [-0.39, 0.29) is 24.0 Å². The Morgan fingerprint density at radius 2 is 2.45 bits per heavy atom. The highest BCUT2D eigenvalue weighted by Gasteiger charge is 2.21. The van der Waals surface area contributed by atoms with Crippen LogP contribution in [-0.4, -0.2) is 51.7 Å². The van der Waals surface area contributed by atoms with E-state index in [9.17, 15) is 0 Å². The van der Waals surface area contributed by atoms with Gasteiger partial charge in [-0.15, -0.1) is 24.0 Å². The topological polar surface area (TPSA) is 56.3 Å². The first kappa shape index (κ1) is 17.6. The normalized spacial score (nSPS) is 19.6. The van der Waals surface area contributed by atoms with Crippen LogP contribution < -0.4 is 5.32 Å². The SMILES string of the molecule is CCNC(=NCc1ccn[nH]1)N1CCSC(CC)C1.I. The predicted molar refractivity (Wildman–Crippen MR) is 96.9 cm³/mol. The summed E-state index contributed by atoms with van der Waals surface area (Å²) in [7, 11) is 0. The summed E-state index contributed by atoms with van der Waals surface area (Å²) in [6.45, 7) is 8.11. The number of nitrogens with one attached hydrogen (secondary N) is 2. The summed E-state index contributed by atoms with van der Waals surface area (Å²) in [5.41, 5.74) is 1.05. The third-order valence-corrected chi connectivity index (χ3v) is 4.56. The Labute approximate surface area is 142 Å². The third-order valence-electron chi connectivity index (χ3n) is 3.19. The van der Waals surface area contributed by atoms with Gasteiger partial charge in [0.2, 0.25) is 0 Å². The van der Waals surface area contributed by atoms with Gasteiger partial charge in [-0.1, -0.05) is 6.92 Å². The second kappa shape index (κ2) is 9.49. The van der Waals surface area contributed by atoms with Gasteiger partial charge in [-0.3, -0.25) is 5.10 Å². The van der Waals surface area contributed by atoms with E-state index in [2.05, 4.69) is 46.0 Å². The van der Waals surface area contributed by atoms with Crippen molar-refractivity contribution in [2.45, 2.75) is 32.1 Å². The van der Waals surface area contributed by atoms with Crippen molar-refractivity contribution in [1.29, 1.82) is 0 Å². The van der Waals surface area contributed by atoms with Gasteiger partial charge in [-0.25, -0.2) is 4.99 Å². The highest BCUT2D eigenvalue weighted by atomic mass is 127. The minimum atomic E-state index is 0. The number of hydrogen-bond donors (Lipinski definition) is 2. The summed E-state index contributed by atoms with van der Waals surface area (Å²) in [5, 5.41) is 11.0. The summed E-state index contributed by atoms with van der Waals surface area (Å²) < 4.78 is 0. The van der Waals surface area contributed by atoms with Crippen molar-refractivity contribution in [2.75, 3.05) is 25.4 Å². The Morgan fingerprint density at radius 3 is 3.10 bits per heavy atom. The molecule has 1 aromatic rings. The van der Waals surface area contributed by atoms with Crippen LogP contribution in [-0.2, 0) is 6.54 Å². The Hall–Kier alpha value is -0.440. The van der Waals surface area contributed by atoms with Crippen LogP contribution in [0.15, 0.2) is 17.3 Å². The van der Waals surface area contributed by atoms with Crippen LogP contribution >= 0.6 is 35.7 Å². The van der Waals surface area contributed by atoms with E-state index in [4.69, 9.17) is 4.99 Å². The summed E-state index contributed by atoms with van der Waals surface area (Å²) in [5.74, 6) is 2.21. The molecular weight excluding hydrogens is 385 g/mol. The van der Waals surface area contributed by atoms with E-state index < -0.39 is 0 Å². The van der Waals surface area contributed by atoms with Crippen LogP contribution in [0.5, 0.6) is 0 Å². The smallest absolute Gasteiger partial charge is 0.194 e. The van der Waals surface area contributed by atoms with Gasteiger partial charge in [-0.2, -0.15) is 16.9 Å². The molecule has 2 N–H and O–H groups in total. The van der Waals surface area contributed by atoms with E-state index in [1.54, 1.807) is 6.20 Å². The van der Waals surface area contributed by atoms with E-state index in [0.717, 1.165) is 36.5 Å². The van der Waals surface area contributed by atoms with Crippen LogP contribution in [0.25, 0.3) is 0 Å². The van der Waals surface area contributed by atoms with Crippen molar-refractivity contribution in [3.8, 4) is 0 Å². The molecule has 1 unspecified atom stereocenters. The number of nitrogens with zero attached hydrogens (tertiary/aromatic N) is 3. The summed E-state index contributed by atoms with van der Waals surface area (Å²) in [4.78, 5) is 7.08. The van der Waals surface area contributed by atoms with E-state index in [0.29, 0.717) is 6.54 Å². The minimum Gasteiger partial charge on any atom is -0.357 e. The Kier molecular flexibility index (Phi) is 8.35. The first-order chi connectivity index (χ1) is 9.33. The zero-order valence-corrected chi connectivity index (χ0v) is 15.3. The number of guanidine groups is 1. The lowest BCUT2D eigenvalue weighted by molar-refractivity contribution is 0.408. The van der Waals surface area contributed by atoms with Crippen LogP contribution in [0.3, 0.4) is 0 Å². The maximum atomic E-state index is 4.70. The maximum Gasteiger partial charge on any atom is 0.194 e. The van der Waals surface area contributed by atoms with Crippen molar-refractivity contribution >= 4 is 41.7 Å². The van der Waals surface area contributed by atoms with E-state index in [1.165, 1.54) is 12.2 Å². The van der Waals surface area contributed by atoms with E-state index in [1.807, 2.05) is 6.07 Å². The van der Waals surface area contributed by atoms with Gasteiger partial charge in [0.15, 0.2) is 5.96 Å². The molecule has 2 rings (SSSR count). The molecule has 0 aromatic carbocycles. The van der Waals surface area contributed by atoms with Crippen molar-refractivity contribution < 1.29 is 0 Å². The van der Waals surface area contributed by atoms with Gasteiger partial charge >= 0.3 is 0 Å². The minimum absolute atomic E-state index is 0. The standard InChI is InChI=1S/C13H23N5S.HI/c1-3-12-10-18(7-8-19-12)13(14-4-2)15-9-11-5-6-16-17-11;/h5-6,12H,3-4,7-10H2,1-2H3,(H,14,15)(H,16,17);1H. The molecule has 1 saturated heterocycles. The molecule has 2 heterocycles. The van der Waals surface area contributed by atoms with Crippen molar-refractivity contribution in [3.05, 3.63) is 18.0 Å². The summed E-state index contributed by atoms with van der Waals surface area (Å²) in [6, 6.07) is 1.97. The lowest BCUT2D eigenvalue weighted by Crippen LogP contribution is -2.48. The summed E-state index contributed by atoms with van der Waals surface area (Å²) >= 11 is 2.08. The predicted octanol–water partition coefficient (Wildman–Crippen LogP) is 2.32. The van der Waals surface area contributed by atoms with Gasteiger partial charge in [0.25, 0.3) is 0 Å². The van der Waals surface area contributed by atoms with Crippen molar-refractivity contribution in [2.24, 2.45) is 4.99 Å². The first-order valence-electron chi connectivity index (χ1n) is 6.96. The zero-order valence-electron chi connectivity index (χ0n) is 12.1. The van der Waals surface area contributed by atoms with Crippen LogP contribution in [0, 0.1) is 0 Å². The zero-order chi connectivity index (χ0) is 13.5. The number of hydrogen-bond acceptors (Lipinski definition) is 3. The number of thioether (sulfide) groups is 1. The molecule has 114 valence electrons. The van der Waals surface area contributed by atoms with Gasteiger partial charge < -0.3 is 10.2 Å². The van der Waals surface area contributed by atoms with Gasteiger partial charge in [0.1, 0.15) is 0 Å². The van der Waals surface area contributed by atoms with Gasteiger partial charge in [-0.05, 0) is 19.4 Å². The molecule has 1 aromatic heterocycles. The lowest BCUT2D eigenvalue weighted by Gasteiger charge is -2.34. The number of aromatic nitrogens is 2. The number of H-pyrrole nitrogens is 1. The second-order valence-corrected chi connectivity index (χ2v) is 6.01. The molecule has 0 amide bonds. The number of aromatic amines is 1. The molecule has 0 spiro atoms. The highest BCUT2D eigenvalue weighted by Crippen LogP contribution is 2.21.